The molecule has 0 spiro atoms. The van der Waals surface area contributed by atoms with Crippen molar-refractivity contribution in [3.05, 3.63) is 46.3 Å². The van der Waals surface area contributed by atoms with E-state index >= 15 is 0 Å². The number of methoxy groups -OCH3 is 1. The molecule has 128 valence electrons. The van der Waals surface area contributed by atoms with Crippen molar-refractivity contribution in [2.24, 2.45) is 0 Å². The molecule has 1 aromatic carbocycles. The van der Waals surface area contributed by atoms with E-state index in [0.717, 1.165) is 29.8 Å². The molecule has 2 aromatic rings. The predicted octanol–water partition coefficient (Wildman–Crippen LogP) is 4.51. The van der Waals surface area contributed by atoms with Crippen LogP contribution in [0.3, 0.4) is 0 Å². The molecule has 0 amide bonds. The zero-order valence-corrected chi connectivity index (χ0v) is 14.8. The van der Waals surface area contributed by atoms with E-state index < -0.39 is 0 Å². The van der Waals surface area contributed by atoms with Gasteiger partial charge in [0.1, 0.15) is 6.33 Å². The molecular formula is C17H19Cl2N3O2. The smallest absolute Gasteiger partial charge is 0.198 e. The van der Waals surface area contributed by atoms with Crippen molar-refractivity contribution in [2.75, 3.05) is 19.0 Å². The normalized spacial score (nSPS) is 20.6. The fourth-order valence-corrected chi connectivity index (χ4v) is 3.18. The minimum atomic E-state index is 0.0953. The van der Waals surface area contributed by atoms with Gasteiger partial charge in [-0.1, -0.05) is 35.3 Å². The molecule has 1 fully saturated rings. The second-order valence-electron chi connectivity index (χ2n) is 5.66. The van der Waals surface area contributed by atoms with Crippen LogP contribution in [0.2, 0.25) is 10.2 Å². The number of ether oxygens (including phenoxy) is 2. The molecule has 0 radical (unpaired) electrons. The first kappa shape index (κ1) is 17.3. The van der Waals surface area contributed by atoms with Crippen LogP contribution in [0, 0.1) is 0 Å². The molecule has 1 N–H and O–H groups in total. The monoisotopic (exact) mass is 367 g/mol. The van der Waals surface area contributed by atoms with Gasteiger partial charge in [0, 0.05) is 11.6 Å². The van der Waals surface area contributed by atoms with Gasteiger partial charge in [0.05, 0.1) is 19.3 Å². The molecule has 1 aliphatic heterocycles. The van der Waals surface area contributed by atoms with Gasteiger partial charge in [0.25, 0.3) is 0 Å². The lowest BCUT2D eigenvalue weighted by Gasteiger charge is -2.30. The minimum Gasteiger partial charge on any atom is -0.490 e. The van der Waals surface area contributed by atoms with E-state index in [1.165, 1.54) is 6.33 Å². The quantitative estimate of drug-likeness (QED) is 0.787. The maximum Gasteiger partial charge on any atom is 0.198 e. The zero-order chi connectivity index (χ0) is 16.9. The van der Waals surface area contributed by atoms with E-state index in [1.54, 1.807) is 7.11 Å². The van der Waals surface area contributed by atoms with Crippen molar-refractivity contribution in [3.8, 4) is 5.75 Å². The van der Waals surface area contributed by atoms with Crippen molar-refractivity contribution in [2.45, 2.75) is 31.5 Å². The van der Waals surface area contributed by atoms with Gasteiger partial charge in [-0.05, 0) is 37.0 Å². The fourth-order valence-electron chi connectivity index (χ4n) is 2.84. The second kappa shape index (κ2) is 8.01. The van der Waals surface area contributed by atoms with E-state index in [0.29, 0.717) is 23.3 Å². The summed E-state index contributed by atoms with van der Waals surface area (Å²) < 4.78 is 11.5. The van der Waals surface area contributed by atoms with Gasteiger partial charge in [-0.2, -0.15) is 0 Å². The summed E-state index contributed by atoms with van der Waals surface area (Å²) in [5.41, 5.74) is 1.16. The average Bonchev–Trinajstić information content (AvgIpc) is 2.61. The molecule has 1 aromatic heterocycles. The van der Waals surface area contributed by atoms with Gasteiger partial charge in [-0.25, -0.2) is 9.97 Å². The van der Waals surface area contributed by atoms with E-state index in [2.05, 4.69) is 15.3 Å². The van der Waals surface area contributed by atoms with Gasteiger partial charge < -0.3 is 14.8 Å². The highest BCUT2D eigenvalue weighted by Gasteiger charge is 2.24. The standard InChI is InChI=1S/C17H19Cl2N3O2/c1-23-15-16(19)21-10-22-17(15)20-9-13-3-2-4-14(24-13)11-5-7-12(18)8-6-11/h5-8,10,13-14H,2-4,9H2,1H3,(H,20,21,22)/t13-,14+/m1/s1. The summed E-state index contributed by atoms with van der Waals surface area (Å²) in [6.45, 7) is 0.633. The molecule has 2 atom stereocenters. The van der Waals surface area contributed by atoms with Crippen LogP contribution in [-0.4, -0.2) is 29.7 Å². The van der Waals surface area contributed by atoms with Crippen LogP contribution in [0.15, 0.2) is 30.6 Å². The Morgan fingerprint density at radius 2 is 2.00 bits per heavy atom. The molecule has 7 heteroatoms. The highest BCUT2D eigenvalue weighted by Crippen LogP contribution is 2.33. The third kappa shape index (κ3) is 4.09. The van der Waals surface area contributed by atoms with Crippen LogP contribution in [0.1, 0.15) is 30.9 Å². The lowest BCUT2D eigenvalue weighted by atomic mass is 9.98. The van der Waals surface area contributed by atoms with Crippen molar-refractivity contribution in [1.29, 1.82) is 0 Å². The van der Waals surface area contributed by atoms with E-state index in [1.807, 2.05) is 24.3 Å². The SMILES string of the molecule is COc1c(Cl)ncnc1NC[C@H]1CCC[C@@H](c2ccc(Cl)cc2)O1. The van der Waals surface area contributed by atoms with Crippen LogP contribution >= 0.6 is 23.2 Å². The van der Waals surface area contributed by atoms with Gasteiger partial charge >= 0.3 is 0 Å². The number of benzene rings is 1. The summed E-state index contributed by atoms with van der Waals surface area (Å²) in [5.74, 6) is 1.03. The van der Waals surface area contributed by atoms with Crippen LogP contribution in [0.25, 0.3) is 0 Å². The Labute approximate surface area is 151 Å². The predicted molar refractivity (Wildman–Crippen MR) is 95.0 cm³/mol. The number of nitrogens with one attached hydrogen (secondary N) is 1. The zero-order valence-electron chi connectivity index (χ0n) is 13.3. The van der Waals surface area contributed by atoms with Crippen molar-refractivity contribution in [3.63, 3.8) is 0 Å². The largest absolute Gasteiger partial charge is 0.490 e. The first-order valence-electron chi connectivity index (χ1n) is 7.86. The van der Waals surface area contributed by atoms with Crippen molar-refractivity contribution >= 4 is 29.0 Å². The van der Waals surface area contributed by atoms with Crippen LogP contribution in [-0.2, 0) is 4.74 Å². The minimum absolute atomic E-state index is 0.0953. The molecule has 0 bridgehead atoms. The Morgan fingerprint density at radius 3 is 2.75 bits per heavy atom. The van der Waals surface area contributed by atoms with Crippen molar-refractivity contribution < 1.29 is 9.47 Å². The van der Waals surface area contributed by atoms with E-state index in [4.69, 9.17) is 32.7 Å². The summed E-state index contributed by atoms with van der Waals surface area (Å²) in [4.78, 5) is 8.09. The maximum absolute atomic E-state index is 6.22. The Morgan fingerprint density at radius 1 is 1.21 bits per heavy atom. The summed E-state index contributed by atoms with van der Waals surface area (Å²) in [7, 11) is 1.55. The first-order valence-corrected chi connectivity index (χ1v) is 8.62. The Bertz CT molecular complexity index is 682. The Hall–Kier alpha value is -1.56. The fraction of sp³-hybridized carbons (Fsp3) is 0.412. The highest BCUT2D eigenvalue weighted by atomic mass is 35.5. The second-order valence-corrected chi connectivity index (χ2v) is 6.45. The first-order chi connectivity index (χ1) is 11.7. The van der Waals surface area contributed by atoms with Gasteiger partial charge in [0.2, 0.25) is 0 Å². The summed E-state index contributed by atoms with van der Waals surface area (Å²) in [6.07, 6.45) is 4.72. The number of hydrogen-bond donors (Lipinski definition) is 1. The Kier molecular flexibility index (Phi) is 5.76. The molecule has 0 saturated carbocycles. The molecular weight excluding hydrogens is 349 g/mol. The van der Waals surface area contributed by atoms with E-state index in [9.17, 15) is 0 Å². The number of aromatic nitrogens is 2. The van der Waals surface area contributed by atoms with Gasteiger partial charge in [-0.3, -0.25) is 0 Å². The van der Waals surface area contributed by atoms with Crippen LogP contribution in [0.5, 0.6) is 5.75 Å². The molecule has 3 rings (SSSR count). The molecule has 0 aliphatic carbocycles. The van der Waals surface area contributed by atoms with E-state index in [-0.39, 0.29) is 12.2 Å². The third-order valence-electron chi connectivity index (χ3n) is 4.05. The maximum atomic E-state index is 6.22. The number of rotatable bonds is 5. The molecule has 24 heavy (non-hydrogen) atoms. The molecule has 5 nitrogen and oxygen atoms in total. The number of nitrogens with zero attached hydrogens (tertiary/aromatic N) is 2. The summed E-state index contributed by atoms with van der Waals surface area (Å²) in [5, 5.41) is 4.28. The van der Waals surface area contributed by atoms with Gasteiger partial charge in [0.15, 0.2) is 16.7 Å². The lowest BCUT2D eigenvalue weighted by Crippen LogP contribution is -2.29. The number of anilines is 1. The highest BCUT2D eigenvalue weighted by molar-refractivity contribution is 6.31. The number of halogens is 2. The lowest BCUT2D eigenvalue weighted by molar-refractivity contribution is -0.0442. The van der Waals surface area contributed by atoms with Gasteiger partial charge in [-0.15, -0.1) is 0 Å². The topological polar surface area (TPSA) is 56.3 Å². The van der Waals surface area contributed by atoms with Crippen LogP contribution < -0.4 is 10.1 Å². The Balaban J connectivity index is 1.62. The summed E-state index contributed by atoms with van der Waals surface area (Å²) >= 11 is 12.0. The van der Waals surface area contributed by atoms with Crippen LogP contribution in [0.4, 0.5) is 5.82 Å². The average molecular weight is 368 g/mol. The molecule has 2 heterocycles. The molecule has 0 unspecified atom stereocenters. The summed E-state index contributed by atoms with van der Waals surface area (Å²) in [6, 6.07) is 7.85. The number of hydrogen-bond acceptors (Lipinski definition) is 5. The third-order valence-corrected chi connectivity index (χ3v) is 4.57. The molecule has 1 saturated heterocycles. The van der Waals surface area contributed by atoms with Crippen molar-refractivity contribution in [1.82, 2.24) is 9.97 Å². The molecule has 1 aliphatic rings.